The zero-order chi connectivity index (χ0) is 13.0. The van der Waals surface area contributed by atoms with Crippen LogP contribution in [0.4, 0.5) is 0 Å². The van der Waals surface area contributed by atoms with E-state index < -0.39 is 5.97 Å². The summed E-state index contributed by atoms with van der Waals surface area (Å²) in [7, 11) is 0. The number of rotatable bonds is 4. The second-order valence-electron chi connectivity index (χ2n) is 4.88. The highest BCUT2D eigenvalue weighted by atomic mass is 32.1. The van der Waals surface area contributed by atoms with E-state index in [1.54, 1.807) is 11.3 Å². The Morgan fingerprint density at radius 1 is 1.56 bits per heavy atom. The van der Waals surface area contributed by atoms with Crippen molar-refractivity contribution in [2.24, 2.45) is 0 Å². The first kappa shape index (κ1) is 13.6. The highest BCUT2D eigenvalue weighted by molar-refractivity contribution is 7.10. The summed E-state index contributed by atoms with van der Waals surface area (Å²) >= 11 is 1.74. The van der Waals surface area contributed by atoms with Gasteiger partial charge in [-0.1, -0.05) is 25.8 Å². The van der Waals surface area contributed by atoms with Crippen molar-refractivity contribution in [2.75, 3.05) is 6.54 Å². The number of aliphatic carboxylic acids is 1. The molecule has 0 aliphatic carbocycles. The van der Waals surface area contributed by atoms with Crippen molar-refractivity contribution in [3.63, 3.8) is 0 Å². The molecule has 1 aliphatic heterocycles. The lowest BCUT2D eigenvalue weighted by Gasteiger charge is -2.33. The maximum Gasteiger partial charge on any atom is 0.320 e. The van der Waals surface area contributed by atoms with Gasteiger partial charge in [-0.15, -0.1) is 11.3 Å². The normalized spacial score (nSPS) is 23.5. The Labute approximate surface area is 112 Å². The molecule has 0 amide bonds. The Morgan fingerprint density at radius 2 is 2.39 bits per heavy atom. The van der Waals surface area contributed by atoms with E-state index >= 15 is 0 Å². The molecule has 1 aromatic rings. The highest BCUT2D eigenvalue weighted by Gasteiger charge is 2.32. The van der Waals surface area contributed by atoms with Crippen molar-refractivity contribution in [3.05, 3.63) is 22.4 Å². The number of carbonyl (C=O) groups is 1. The van der Waals surface area contributed by atoms with Crippen LogP contribution in [0.25, 0.3) is 0 Å². The van der Waals surface area contributed by atoms with Gasteiger partial charge in [0.05, 0.1) is 0 Å². The van der Waals surface area contributed by atoms with E-state index in [0.29, 0.717) is 0 Å². The van der Waals surface area contributed by atoms with E-state index in [2.05, 4.69) is 29.3 Å². The molecule has 18 heavy (non-hydrogen) atoms. The van der Waals surface area contributed by atoms with Crippen molar-refractivity contribution in [1.29, 1.82) is 0 Å². The van der Waals surface area contributed by atoms with Crippen LogP contribution in [-0.2, 0) is 4.79 Å². The zero-order valence-electron chi connectivity index (χ0n) is 10.8. The quantitative estimate of drug-likeness (QED) is 0.907. The highest BCUT2D eigenvalue weighted by Crippen LogP contribution is 2.32. The predicted octanol–water partition coefficient (Wildman–Crippen LogP) is 3.53. The van der Waals surface area contributed by atoms with Crippen LogP contribution in [0.15, 0.2) is 17.5 Å². The molecule has 100 valence electrons. The summed E-state index contributed by atoms with van der Waals surface area (Å²) in [4.78, 5) is 15.0. The molecule has 1 fully saturated rings. The van der Waals surface area contributed by atoms with Crippen molar-refractivity contribution >= 4 is 17.3 Å². The van der Waals surface area contributed by atoms with Crippen LogP contribution in [0.5, 0.6) is 0 Å². The molecule has 0 radical (unpaired) electrons. The van der Waals surface area contributed by atoms with Crippen LogP contribution >= 0.6 is 11.3 Å². The molecule has 0 saturated carbocycles. The smallest absolute Gasteiger partial charge is 0.320 e. The minimum atomic E-state index is -0.660. The van der Waals surface area contributed by atoms with E-state index in [9.17, 15) is 9.90 Å². The van der Waals surface area contributed by atoms with Crippen molar-refractivity contribution < 1.29 is 9.90 Å². The third-order valence-corrected chi connectivity index (χ3v) is 4.71. The molecule has 2 atom stereocenters. The molecule has 1 aromatic heterocycles. The monoisotopic (exact) mass is 267 g/mol. The zero-order valence-corrected chi connectivity index (χ0v) is 11.7. The average molecular weight is 267 g/mol. The largest absolute Gasteiger partial charge is 0.480 e. The van der Waals surface area contributed by atoms with Crippen LogP contribution in [-0.4, -0.2) is 28.6 Å². The van der Waals surface area contributed by atoms with E-state index in [4.69, 9.17) is 0 Å². The van der Waals surface area contributed by atoms with Gasteiger partial charge in [-0.2, -0.15) is 0 Å². The first-order valence-corrected chi connectivity index (χ1v) is 7.64. The topological polar surface area (TPSA) is 40.5 Å². The fourth-order valence-corrected chi connectivity index (χ4v) is 3.78. The van der Waals surface area contributed by atoms with Crippen LogP contribution in [0.1, 0.15) is 49.9 Å². The Balaban J connectivity index is 2.22. The molecule has 1 aliphatic rings. The number of hydrogen-bond donors (Lipinski definition) is 1. The summed E-state index contributed by atoms with van der Waals surface area (Å²) in [5, 5.41) is 11.5. The van der Waals surface area contributed by atoms with Gasteiger partial charge in [-0.3, -0.25) is 9.69 Å². The van der Waals surface area contributed by atoms with Gasteiger partial charge in [0.15, 0.2) is 0 Å². The van der Waals surface area contributed by atoms with Crippen LogP contribution < -0.4 is 0 Å². The molecule has 3 nitrogen and oxygen atoms in total. The van der Waals surface area contributed by atoms with Gasteiger partial charge in [-0.05, 0) is 37.3 Å². The molecule has 1 saturated heterocycles. The molecular formula is C14H21NO2S. The Hall–Kier alpha value is -0.870. The van der Waals surface area contributed by atoms with Gasteiger partial charge in [-0.25, -0.2) is 0 Å². The summed E-state index contributed by atoms with van der Waals surface area (Å²) in [6.45, 7) is 3.06. The van der Waals surface area contributed by atoms with Crippen LogP contribution in [0.2, 0.25) is 0 Å². The molecular weight excluding hydrogens is 246 g/mol. The third kappa shape index (κ3) is 2.93. The molecule has 2 unspecified atom stereocenters. The molecule has 0 bridgehead atoms. The SMILES string of the molecule is CCC(c1cccs1)N1CCCCCC1C(=O)O. The lowest BCUT2D eigenvalue weighted by Crippen LogP contribution is -2.42. The second kappa shape index (κ2) is 6.34. The lowest BCUT2D eigenvalue weighted by molar-refractivity contribution is -0.144. The third-order valence-electron chi connectivity index (χ3n) is 3.74. The predicted molar refractivity (Wildman–Crippen MR) is 73.9 cm³/mol. The van der Waals surface area contributed by atoms with Gasteiger partial charge in [0.25, 0.3) is 0 Å². The standard InChI is InChI=1S/C14H21NO2S/c1-2-11(13-8-6-10-18-13)15-9-5-3-4-7-12(15)14(16)17/h6,8,10-12H,2-5,7,9H2,1H3,(H,16,17). The van der Waals surface area contributed by atoms with E-state index in [0.717, 1.165) is 38.6 Å². The van der Waals surface area contributed by atoms with E-state index in [-0.39, 0.29) is 12.1 Å². The number of carboxylic acid groups (broad SMARTS) is 1. The van der Waals surface area contributed by atoms with Gasteiger partial charge in [0.1, 0.15) is 6.04 Å². The van der Waals surface area contributed by atoms with Crippen LogP contribution in [0, 0.1) is 0 Å². The van der Waals surface area contributed by atoms with Crippen molar-refractivity contribution in [1.82, 2.24) is 4.90 Å². The molecule has 1 N–H and O–H groups in total. The van der Waals surface area contributed by atoms with Gasteiger partial charge < -0.3 is 5.11 Å². The van der Waals surface area contributed by atoms with Gasteiger partial charge in [0, 0.05) is 10.9 Å². The second-order valence-corrected chi connectivity index (χ2v) is 5.86. The first-order chi connectivity index (χ1) is 8.74. The number of likely N-dealkylation sites (tertiary alicyclic amines) is 1. The molecule has 4 heteroatoms. The number of carboxylic acids is 1. The van der Waals surface area contributed by atoms with Crippen molar-refractivity contribution in [2.45, 2.75) is 51.1 Å². The Morgan fingerprint density at radius 3 is 3.00 bits per heavy atom. The summed E-state index contributed by atoms with van der Waals surface area (Å²) < 4.78 is 0. The fraction of sp³-hybridized carbons (Fsp3) is 0.643. The Bertz CT molecular complexity index is 377. The Kier molecular flexibility index (Phi) is 4.78. The van der Waals surface area contributed by atoms with E-state index in [1.165, 1.54) is 4.88 Å². The maximum atomic E-state index is 11.5. The number of hydrogen-bond acceptors (Lipinski definition) is 3. The molecule has 2 heterocycles. The summed E-state index contributed by atoms with van der Waals surface area (Å²) in [5.74, 6) is -0.660. The minimum absolute atomic E-state index is 0.268. The molecule has 0 aromatic carbocycles. The van der Waals surface area contributed by atoms with Gasteiger partial charge in [0.2, 0.25) is 0 Å². The summed E-state index contributed by atoms with van der Waals surface area (Å²) in [6.07, 6.45) is 5.07. The lowest BCUT2D eigenvalue weighted by atomic mass is 10.1. The molecule has 0 spiro atoms. The first-order valence-electron chi connectivity index (χ1n) is 6.76. The summed E-state index contributed by atoms with van der Waals surface area (Å²) in [6, 6.07) is 4.14. The van der Waals surface area contributed by atoms with Crippen LogP contribution in [0.3, 0.4) is 0 Å². The number of thiophene rings is 1. The van der Waals surface area contributed by atoms with Gasteiger partial charge >= 0.3 is 5.97 Å². The van der Waals surface area contributed by atoms with Crippen molar-refractivity contribution in [3.8, 4) is 0 Å². The fourth-order valence-electron chi connectivity index (χ4n) is 2.85. The minimum Gasteiger partial charge on any atom is -0.480 e. The number of nitrogens with zero attached hydrogens (tertiary/aromatic N) is 1. The summed E-state index contributed by atoms with van der Waals surface area (Å²) in [5.41, 5.74) is 0. The maximum absolute atomic E-state index is 11.5. The molecule has 2 rings (SSSR count). The average Bonchev–Trinajstić information content (AvgIpc) is 2.75. The van der Waals surface area contributed by atoms with E-state index in [1.807, 2.05) is 0 Å².